The molecule has 0 saturated heterocycles. The first kappa shape index (κ1) is 30.2. The van der Waals surface area contributed by atoms with Crippen molar-refractivity contribution in [1.82, 2.24) is 10.2 Å². The number of amides is 2. The Bertz CT molecular complexity index is 1320. The number of ether oxygens (including phenoxy) is 1. The smallest absolute Gasteiger partial charge is 0.271 e. The zero-order valence-electron chi connectivity index (χ0n) is 22.1. The van der Waals surface area contributed by atoms with Gasteiger partial charge in [-0.25, -0.2) is 8.42 Å². The van der Waals surface area contributed by atoms with E-state index in [0.29, 0.717) is 10.6 Å². The molecule has 212 valence electrons. The van der Waals surface area contributed by atoms with Crippen molar-refractivity contribution in [3.8, 4) is 5.75 Å². The second kappa shape index (κ2) is 13.1. The minimum Gasteiger partial charge on any atom is -0.495 e. The Morgan fingerprint density at radius 3 is 2.46 bits per heavy atom. The molecule has 0 radical (unpaired) electrons. The molecule has 1 fully saturated rings. The lowest BCUT2D eigenvalue weighted by Gasteiger charge is -2.33. The number of carbonyl (C=O) groups excluding carboxylic acids is 2. The molecular weight excluding hydrogens is 548 g/mol. The molecule has 2 aromatic carbocycles. The van der Waals surface area contributed by atoms with Crippen LogP contribution in [0.25, 0.3) is 0 Å². The van der Waals surface area contributed by atoms with Crippen molar-refractivity contribution in [3.05, 3.63) is 63.2 Å². The van der Waals surface area contributed by atoms with Gasteiger partial charge in [-0.15, -0.1) is 0 Å². The molecule has 39 heavy (non-hydrogen) atoms. The molecule has 1 N–H and O–H groups in total. The first-order chi connectivity index (χ1) is 18.4. The van der Waals surface area contributed by atoms with Crippen LogP contribution in [0.2, 0.25) is 5.02 Å². The molecular formula is C26H33ClN4O7S. The molecule has 0 bridgehead atoms. The maximum atomic E-state index is 13.8. The summed E-state index contributed by atoms with van der Waals surface area (Å²) in [5.41, 5.74) is 0.111. The molecule has 1 atom stereocenters. The second-order valence-corrected chi connectivity index (χ2v) is 11.9. The van der Waals surface area contributed by atoms with Crippen LogP contribution in [-0.2, 0) is 26.2 Å². The highest BCUT2D eigenvalue weighted by Crippen LogP contribution is 2.34. The fourth-order valence-electron chi connectivity index (χ4n) is 4.56. The van der Waals surface area contributed by atoms with Gasteiger partial charge in [0.05, 0.1) is 18.3 Å². The van der Waals surface area contributed by atoms with Crippen molar-refractivity contribution >= 4 is 44.8 Å². The fraction of sp³-hybridized carbons (Fsp3) is 0.462. The quantitative estimate of drug-likeness (QED) is 0.314. The van der Waals surface area contributed by atoms with E-state index in [4.69, 9.17) is 16.3 Å². The molecule has 3 rings (SSSR count). The van der Waals surface area contributed by atoms with Gasteiger partial charge in [0, 0.05) is 29.7 Å². The highest BCUT2D eigenvalue weighted by Gasteiger charge is 2.32. The SMILES string of the molecule is COc1ccc([N+](=O)[O-])cc1N(CC(=O)N(Cc1cccc(Cl)c1)C(C)C(=O)NC1CCCCC1)S(C)(=O)=O. The van der Waals surface area contributed by atoms with Crippen LogP contribution in [0.1, 0.15) is 44.6 Å². The average molecular weight is 581 g/mol. The molecule has 1 saturated carbocycles. The number of anilines is 1. The summed E-state index contributed by atoms with van der Waals surface area (Å²) in [6, 6.07) is 9.34. The third-order valence-corrected chi connectivity index (χ3v) is 8.04. The molecule has 13 heteroatoms. The van der Waals surface area contributed by atoms with E-state index in [1.807, 2.05) is 0 Å². The van der Waals surface area contributed by atoms with Crippen LogP contribution < -0.4 is 14.4 Å². The number of hydrogen-bond acceptors (Lipinski definition) is 7. The molecule has 0 aliphatic heterocycles. The molecule has 2 amide bonds. The summed E-state index contributed by atoms with van der Waals surface area (Å²) in [7, 11) is -2.82. The van der Waals surface area contributed by atoms with Crippen molar-refractivity contribution in [1.29, 1.82) is 0 Å². The lowest BCUT2D eigenvalue weighted by atomic mass is 9.95. The summed E-state index contributed by atoms with van der Waals surface area (Å²) < 4.78 is 31.7. The van der Waals surface area contributed by atoms with E-state index in [2.05, 4.69) is 5.32 Å². The Labute approximate surface area is 233 Å². The van der Waals surface area contributed by atoms with Crippen molar-refractivity contribution in [3.63, 3.8) is 0 Å². The van der Waals surface area contributed by atoms with Crippen molar-refractivity contribution < 1.29 is 27.7 Å². The summed E-state index contributed by atoms with van der Waals surface area (Å²) in [5, 5.41) is 14.8. The van der Waals surface area contributed by atoms with E-state index in [9.17, 15) is 28.1 Å². The Morgan fingerprint density at radius 1 is 1.18 bits per heavy atom. The minimum absolute atomic E-state index is 0.0116. The first-order valence-corrected chi connectivity index (χ1v) is 14.8. The fourth-order valence-corrected chi connectivity index (χ4v) is 5.62. The number of sulfonamides is 1. The zero-order valence-corrected chi connectivity index (χ0v) is 23.7. The molecule has 2 aromatic rings. The summed E-state index contributed by atoms with van der Waals surface area (Å²) >= 11 is 6.14. The number of hydrogen-bond donors (Lipinski definition) is 1. The number of carbonyl (C=O) groups is 2. The Hall–Kier alpha value is -3.38. The molecule has 11 nitrogen and oxygen atoms in total. The van der Waals surface area contributed by atoms with E-state index in [1.54, 1.807) is 31.2 Å². The topological polar surface area (TPSA) is 139 Å². The van der Waals surface area contributed by atoms with Crippen LogP contribution >= 0.6 is 11.6 Å². The van der Waals surface area contributed by atoms with Gasteiger partial charge in [0.2, 0.25) is 21.8 Å². The van der Waals surface area contributed by atoms with Gasteiger partial charge < -0.3 is 15.0 Å². The summed E-state index contributed by atoms with van der Waals surface area (Å²) in [5.74, 6) is -1.00. The molecule has 0 spiro atoms. The highest BCUT2D eigenvalue weighted by atomic mass is 35.5. The number of nitro benzene ring substituents is 1. The van der Waals surface area contributed by atoms with Gasteiger partial charge in [-0.05, 0) is 43.5 Å². The second-order valence-electron chi connectivity index (χ2n) is 9.55. The molecule has 1 aliphatic rings. The number of nitrogens with one attached hydrogen (secondary N) is 1. The maximum absolute atomic E-state index is 13.8. The predicted molar refractivity (Wildman–Crippen MR) is 148 cm³/mol. The van der Waals surface area contributed by atoms with E-state index in [-0.39, 0.29) is 35.6 Å². The standard InChI is InChI=1S/C26H33ClN4O7S/c1-18(26(33)28-21-10-5-4-6-11-21)29(16-19-8-7-9-20(27)14-19)25(32)17-30(39(3,36)37)23-15-22(31(34)35)12-13-24(23)38-2/h7-9,12-15,18,21H,4-6,10-11,16-17H2,1-3H3,(H,28,33). The number of halogens is 1. The minimum atomic E-state index is -4.11. The van der Waals surface area contributed by atoms with Gasteiger partial charge >= 0.3 is 0 Å². The van der Waals surface area contributed by atoms with Gasteiger partial charge in [0.25, 0.3) is 5.69 Å². The van der Waals surface area contributed by atoms with Crippen LogP contribution in [0.15, 0.2) is 42.5 Å². The van der Waals surface area contributed by atoms with E-state index in [0.717, 1.165) is 48.7 Å². The number of methoxy groups -OCH3 is 1. The Morgan fingerprint density at radius 2 is 1.87 bits per heavy atom. The number of non-ortho nitro benzene ring substituents is 1. The van der Waals surface area contributed by atoms with Crippen LogP contribution in [-0.4, -0.2) is 62.0 Å². The highest BCUT2D eigenvalue weighted by molar-refractivity contribution is 7.92. The zero-order chi connectivity index (χ0) is 28.7. The lowest BCUT2D eigenvalue weighted by Crippen LogP contribution is -2.53. The van der Waals surface area contributed by atoms with Crippen LogP contribution in [0, 0.1) is 10.1 Å². The van der Waals surface area contributed by atoms with E-state index in [1.165, 1.54) is 24.1 Å². The van der Waals surface area contributed by atoms with E-state index < -0.39 is 33.4 Å². The van der Waals surface area contributed by atoms with Crippen molar-refractivity contribution in [2.75, 3.05) is 24.2 Å². The number of benzene rings is 2. The maximum Gasteiger partial charge on any atom is 0.271 e. The van der Waals surface area contributed by atoms with Gasteiger partial charge in [-0.1, -0.05) is 43.0 Å². The van der Waals surface area contributed by atoms with E-state index >= 15 is 0 Å². The predicted octanol–water partition coefficient (Wildman–Crippen LogP) is 3.89. The first-order valence-electron chi connectivity index (χ1n) is 12.5. The normalized spacial score (nSPS) is 14.8. The lowest BCUT2D eigenvalue weighted by molar-refractivity contribution is -0.384. The van der Waals surface area contributed by atoms with Gasteiger partial charge in [-0.3, -0.25) is 24.0 Å². The number of nitrogens with zero attached hydrogens (tertiary/aromatic N) is 3. The Kier molecular flexibility index (Phi) is 10.1. The average Bonchev–Trinajstić information content (AvgIpc) is 2.89. The van der Waals surface area contributed by atoms with Gasteiger partial charge in [0.15, 0.2) is 0 Å². The van der Waals surface area contributed by atoms with Gasteiger partial charge in [-0.2, -0.15) is 0 Å². The molecule has 1 aliphatic carbocycles. The van der Waals surface area contributed by atoms with Crippen molar-refractivity contribution in [2.24, 2.45) is 0 Å². The number of nitro groups is 1. The monoisotopic (exact) mass is 580 g/mol. The third kappa shape index (κ3) is 8.06. The Balaban J connectivity index is 1.96. The van der Waals surface area contributed by atoms with Crippen LogP contribution in [0.4, 0.5) is 11.4 Å². The van der Waals surface area contributed by atoms with Gasteiger partial charge in [0.1, 0.15) is 24.0 Å². The van der Waals surface area contributed by atoms with Crippen LogP contribution in [0.3, 0.4) is 0 Å². The summed E-state index contributed by atoms with van der Waals surface area (Å²) in [6.45, 7) is 0.861. The van der Waals surface area contributed by atoms with Crippen molar-refractivity contribution in [2.45, 2.75) is 57.7 Å². The molecule has 1 unspecified atom stereocenters. The summed E-state index contributed by atoms with van der Waals surface area (Å²) in [6.07, 6.45) is 5.74. The molecule has 0 aromatic heterocycles. The largest absolute Gasteiger partial charge is 0.495 e. The van der Waals surface area contributed by atoms with Crippen LogP contribution in [0.5, 0.6) is 5.75 Å². The summed E-state index contributed by atoms with van der Waals surface area (Å²) in [4.78, 5) is 39.0. The molecule has 0 heterocycles. The third-order valence-electron chi connectivity index (χ3n) is 6.68. The number of rotatable bonds is 11.